The van der Waals surface area contributed by atoms with E-state index in [1.807, 2.05) is 35.2 Å². The van der Waals surface area contributed by atoms with Crippen molar-refractivity contribution in [1.82, 2.24) is 4.90 Å². The van der Waals surface area contributed by atoms with Gasteiger partial charge in [-0.1, -0.05) is 35.4 Å². The minimum absolute atomic E-state index is 0.243. The molecule has 4 nitrogen and oxygen atoms in total. The molecule has 1 heterocycles. The molecule has 17 heavy (non-hydrogen) atoms. The lowest BCUT2D eigenvalue weighted by molar-refractivity contribution is 0.118. The van der Waals surface area contributed by atoms with Crippen molar-refractivity contribution < 1.29 is 4.39 Å². The molecule has 1 aliphatic rings. The highest BCUT2D eigenvalue weighted by Gasteiger charge is 2.26. The van der Waals surface area contributed by atoms with Crippen molar-refractivity contribution in [3.8, 4) is 0 Å². The topological polar surface area (TPSA) is 52.0 Å². The quantitative estimate of drug-likeness (QED) is 0.450. The summed E-state index contributed by atoms with van der Waals surface area (Å²) in [7, 11) is 0. The standard InChI is InChI=1S/C12H15FN4/c13-11-6-12(15-16-14)9-17(8-11)7-10-4-2-1-3-5-10/h1-5,11-12H,6-9H2. The highest BCUT2D eigenvalue weighted by atomic mass is 19.1. The summed E-state index contributed by atoms with van der Waals surface area (Å²) in [6, 6.07) is 9.69. The fourth-order valence-electron chi connectivity index (χ4n) is 2.22. The van der Waals surface area contributed by atoms with Crippen LogP contribution in [0.5, 0.6) is 0 Å². The molecule has 1 fully saturated rings. The van der Waals surface area contributed by atoms with Gasteiger partial charge in [0.15, 0.2) is 0 Å². The second-order valence-electron chi connectivity index (χ2n) is 4.37. The Labute approximate surface area is 99.7 Å². The van der Waals surface area contributed by atoms with Crippen molar-refractivity contribution in [3.63, 3.8) is 0 Å². The average molecular weight is 234 g/mol. The van der Waals surface area contributed by atoms with E-state index in [9.17, 15) is 4.39 Å². The first kappa shape index (κ1) is 11.9. The maximum absolute atomic E-state index is 13.5. The molecule has 0 radical (unpaired) electrons. The molecule has 0 aliphatic carbocycles. The van der Waals surface area contributed by atoms with Gasteiger partial charge in [0, 0.05) is 24.5 Å². The summed E-state index contributed by atoms with van der Waals surface area (Å²) in [6.07, 6.45) is -0.557. The number of hydrogen-bond donors (Lipinski definition) is 0. The average Bonchev–Trinajstić information content (AvgIpc) is 2.30. The second-order valence-corrected chi connectivity index (χ2v) is 4.37. The maximum atomic E-state index is 13.5. The molecule has 1 aromatic rings. The van der Waals surface area contributed by atoms with Crippen LogP contribution in [0.15, 0.2) is 35.4 Å². The molecule has 0 bridgehead atoms. The molecule has 90 valence electrons. The van der Waals surface area contributed by atoms with Gasteiger partial charge in [0.1, 0.15) is 6.17 Å². The lowest BCUT2D eigenvalue weighted by atomic mass is 10.0. The third-order valence-corrected chi connectivity index (χ3v) is 2.92. The molecule has 1 saturated heterocycles. The van der Waals surface area contributed by atoms with Crippen LogP contribution in [0.25, 0.3) is 10.4 Å². The molecule has 0 saturated carbocycles. The number of rotatable bonds is 3. The number of halogens is 1. The molecular weight excluding hydrogens is 219 g/mol. The molecule has 0 N–H and O–H groups in total. The number of alkyl halides is 1. The van der Waals surface area contributed by atoms with Crippen LogP contribution in [0.2, 0.25) is 0 Å². The highest BCUT2D eigenvalue weighted by molar-refractivity contribution is 5.14. The van der Waals surface area contributed by atoms with E-state index in [4.69, 9.17) is 5.53 Å². The summed E-state index contributed by atoms with van der Waals surface area (Å²) in [5.74, 6) is 0. The predicted octanol–water partition coefficient (Wildman–Crippen LogP) is 2.91. The van der Waals surface area contributed by atoms with E-state index in [1.54, 1.807) is 0 Å². The fraction of sp³-hybridized carbons (Fsp3) is 0.500. The van der Waals surface area contributed by atoms with Crippen LogP contribution < -0.4 is 0 Å². The molecule has 0 spiro atoms. The summed E-state index contributed by atoms with van der Waals surface area (Å²) in [6.45, 7) is 1.77. The van der Waals surface area contributed by atoms with E-state index in [-0.39, 0.29) is 6.04 Å². The van der Waals surface area contributed by atoms with Crippen LogP contribution in [-0.2, 0) is 6.54 Å². The van der Waals surface area contributed by atoms with Crippen molar-refractivity contribution in [2.75, 3.05) is 13.1 Å². The molecule has 2 unspecified atom stereocenters. The van der Waals surface area contributed by atoms with Gasteiger partial charge in [-0.15, -0.1) is 0 Å². The van der Waals surface area contributed by atoms with Gasteiger partial charge in [-0.05, 0) is 17.5 Å². The van der Waals surface area contributed by atoms with E-state index in [1.165, 1.54) is 0 Å². The Morgan fingerprint density at radius 3 is 2.82 bits per heavy atom. The Balaban J connectivity index is 1.98. The largest absolute Gasteiger partial charge is 0.296 e. The van der Waals surface area contributed by atoms with Crippen LogP contribution in [0.1, 0.15) is 12.0 Å². The number of likely N-dealkylation sites (tertiary alicyclic amines) is 1. The van der Waals surface area contributed by atoms with Gasteiger partial charge < -0.3 is 0 Å². The number of hydrogen-bond acceptors (Lipinski definition) is 2. The number of benzene rings is 1. The van der Waals surface area contributed by atoms with Gasteiger partial charge >= 0.3 is 0 Å². The first-order chi connectivity index (χ1) is 8.28. The van der Waals surface area contributed by atoms with Gasteiger partial charge in [-0.3, -0.25) is 4.90 Å². The van der Waals surface area contributed by atoms with E-state index < -0.39 is 6.17 Å². The van der Waals surface area contributed by atoms with Crippen molar-refractivity contribution in [2.45, 2.75) is 25.2 Å². The van der Waals surface area contributed by atoms with Gasteiger partial charge in [0.2, 0.25) is 0 Å². The first-order valence-corrected chi connectivity index (χ1v) is 5.72. The molecule has 1 aromatic carbocycles. The van der Waals surface area contributed by atoms with Gasteiger partial charge in [0.25, 0.3) is 0 Å². The summed E-state index contributed by atoms with van der Waals surface area (Å²) in [4.78, 5) is 4.77. The maximum Gasteiger partial charge on any atom is 0.113 e. The number of nitrogens with zero attached hydrogens (tertiary/aromatic N) is 4. The zero-order valence-electron chi connectivity index (χ0n) is 9.54. The predicted molar refractivity (Wildman–Crippen MR) is 64.2 cm³/mol. The van der Waals surface area contributed by atoms with Crippen molar-refractivity contribution >= 4 is 0 Å². The summed E-state index contributed by atoms with van der Waals surface area (Å²) in [5.41, 5.74) is 9.55. The van der Waals surface area contributed by atoms with Crippen molar-refractivity contribution in [1.29, 1.82) is 0 Å². The first-order valence-electron chi connectivity index (χ1n) is 5.72. The molecule has 1 aliphatic heterocycles. The van der Waals surface area contributed by atoms with E-state index in [2.05, 4.69) is 10.0 Å². The smallest absolute Gasteiger partial charge is 0.113 e. The minimum Gasteiger partial charge on any atom is -0.296 e. The molecular formula is C12H15FN4. The summed E-state index contributed by atoms with van der Waals surface area (Å²) in [5, 5.41) is 3.62. The molecule has 5 heteroatoms. The second kappa shape index (κ2) is 5.66. The Bertz CT molecular complexity index is 402. The Hall–Kier alpha value is -1.58. The SMILES string of the molecule is [N-]=[N+]=NC1CC(F)CN(Cc2ccccc2)C1. The zero-order valence-corrected chi connectivity index (χ0v) is 9.54. The van der Waals surface area contributed by atoms with Gasteiger partial charge in [-0.25, -0.2) is 4.39 Å². The minimum atomic E-state index is -0.900. The lowest BCUT2D eigenvalue weighted by Gasteiger charge is -2.32. The summed E-state index contributed by atoms with van der Waals surface area (Å²) >= 11 is 0. The molecule has 2 rings (SSSR count). The van der Waals surface area contributed by atoms with Crippen LogP contribution >= 0.6 is 0 Å². The number of piperidine rings is 1. The van der Waals surface area contributed by atoms with E-state index in [0.717, 1.165) is 5.56 Å². The van der Waals surface area contributed by atoms with Gasteiger partial charge in [-0.2, -0.15) is 0 Å². The molecule has 0 aromatic heterocycles. The highest BCUT2D eigenvalue weighted by Crippen LogP contribution is 2.18. The zero-order chi connectivity index (χ0) is 12.1. The van der Waals surface area contributed by atoms with E-state index >= 15 is 0 Å². The molecule has 0 amide bonds. The van der Waals surface area contributed by atoms with E-state index in [0.29, 0.717) is 26.1 Å². The van der Waals surface area contributed by atoms with Crippen molar-refractivity contribution in [2.24, 2.45) is 5.11 Å². The lowest BCUT2D eigenvalue weighted by Crippen LogP contribution is -2.42. The molecule has 2 atom stereocenters. The number of azide groups is 1. The van der Waals surface area contributed by atoms with Crippen LogP contribution in [-0.4, -0.2) is 30.2 Å². The third kappa shape index (κ3) is 3.44. The summed E-state index contributed by atoms with van der Waals surface area (Å²) < 4.78 is 13.5. The third-order valence-electron chi connectivity index (χ3n) is 2.92. The Morgan fingerprint density at radius 2 is 2.12 bits per heavy atom. The van der Waals surface area contributed by atoms with Crippen LogP contribution in [0.3, 0.4) is 0 Å². The van der Waals surface area contributed by atoms with Crippen LogP contribution in [0, 0.1) is 0 Å². The monoisotopic (exact) mass is 234 g/mol. The van der Waals surface area contributed by atoms with Crippen molar-refractivity contribution in [3.05, 3.63) is 46.3 Å². The Morgan fingerprint density at radius 1 is 1.35 bits per heavy atom. The van der Waals surface area contributed by atoms with Gasteiger partial charge in [0.05, 0.1) is 6.04 Å². The van der Waals surface area contributed by atoms with Crippen LogP contribution in [0.4, 0.5) is 4.39 Å². The normalized spacial score (nSPS) is 25.2. The fourth-order valence-corrected chi connectivity index (χ4v) is 2.22. The Kier molecular flexibility index (Phi) is 3.96.